The summed E-state index contributed by atoms with van der Waals surface area (Å²) >= 11 is 0. The number of nitrogens with zero attached hydrogens (tertiary/aromatic N) is 2. The van der Waals surface area contributed by atoms with Crippen molar-refractivity contribution in [3.8, 4) is 11.3 Å². The molecular weight excluding hydrogens is 223 g/mol. The van der Waals surface area contributed by atoms with Gasteiger partial charge in [-0.2, -0.15) is 10.1 Å². The van der Waals surface area contributed by atoms with Crippen LogP contribution in [0.4, 0.5) is 4.39 Å². The van der Waals surface area contributed by atoms with E-state index in [1.165, 1.54) is 12.3 Å². The molecule has 0 aliphatic rings. The molecule has 2 N–H and O–H groups in total. The van der Waals surface area contributed by atoms with Crippen molar-refractivity contribution in [1.29, 1.82) is 0 Å². The van der Waals surface area contributed by atoms with E-state index >= 15 is 0 Å². The Morgan fingerprint density at radius 2 is 2.18 bits per heavy atom. The third-order valence-corrected chi connectivity index (χ3v) is 2.49. The highest BCUT2D eigenvalue weighted by Crippen LogP contribution is 2.24. The molecule has 0 radical (unpaired) electrons. The minimum Gasteiger partial charge on any atom is -0.303 e. The zero-order valence-corrected chi connectivity index (χ0v) is 8.57. The van der Waals surface area contributed by atoms with Crippen LogP contribution in [0, 0.1) is 5.82 Å². The lowest BCUT2D eigenvalue weighted by Crippen LogP contribution is -2.11. The summed E-state index contributed by atoms with van der Waals surface area (Å²) in [6.07, 6.45) is 3.14. The highest BCUT2D eigenvalue weighted by molar-refractivity contribution is 5.91. The lowest BCUT2D eigenvalue weighted by molar-refractivity contribution is 0.636. The molecule has 3 rings (SSSR count). The molecule has 6 heteroatoms. The predicted octanol–water partition coefficient (Wildman–Crippen LogP) is 1.45. The molecule has 2 heterocycles. The van der Waals surface area contributed by atoms with Gasteiger partial charge < -0.3 is 4.98 Å². The highest BCUT2D eigenvalue weighted by atomic mass is 19.1. The van der Waals surface area contributed by atoms with Crippen LogP contribution in [-0.2, 0) is 0 Å². The van der Waals surface area contributed by atoms with E-state index in [0.29, 0.717) is 16.6 Å². The molecule has 0 atom stereocenters. The SMILES string of the molecule is O=c1nc(-c2cn[nH]c2)c2cccc(F)c2[nH]1. The molecule has 84 valence electrons. The lowest BCUT2D eigenvalue weighted by atomic mass is 10.1. The van der Waals surface area contributed by atoms with E-state index in [4.69, 9.17) is 0 Å². The van der Waals surface area contributed by atoms with E-state index in [9.17, 15) is 9.18 Å². The molecule has 0 bridgehead atoms. The minimum atomic E-state index is -0.584. The van der Waals surface area contributed by atoms with Gasteiger partial charge in [-0.3, -0.25) is 5.10 Å². The molecule has 0 saturated heterocycles. The van der Waals surface area contributed by atoms with Crippen LogP contribution in [0.5, 0.6) is 0 Å². The smallest absolute Gasteiger partial charge is 0.303 e. The Balaban J connectivity index is 2.46. The number of H-pyrrole nitrogens is 2. The van der Waals surface area contributed by atoms with Gasteiger partial charge >= 0.3 is 5.69 Å². The van der Waals surface area contributed by atoms with Crippen molar-refractivity contribution < 1.29 is 4.39 Å². The van der Waals surface area contributed by atoms with Crippen LogP contribution in [0.15, 0.2) is 35.4 Å². The van der Waals surface area contributed by atoms with Crippen LogP contribution in [0.3, 0.4) is 0 Å². The molecule has 0 amide bonds. The first kappa shape index (κ1) is 9.71. The van der Waals surface area contributed by atoms with E-state index in [1.54, 1.807) is 18.3 Å². The van der Waals surface area contributed by atoms with E-state index in [-0.39, 0.29) is 5.52 Å². The monoisotopic (exact) mass is 230 g/mol. The van der Waals surface area contributed by atoms with Crippen molar-refractivity contribution in [2.45, 2.75) is 0 Å². The molecule has 0 spiro atoms. The van der Waals surface area contributed by atoms with Crippen molar-refractivity contribution in [3.63, 3.8) is 0 Å². The molecule has 1 aromatic carbocycles. The quantitative estimate of drug-likeness (QED) is 0.664. The number of benzene rings is 1. The largest absolute Gasteiger partial charge is 0.346 e. The Morgan fingerprint density at radius 1 is 1.29 bits per heavy atom. The summed E-state index contributed by atoms with van der Waals surface area (Å²) in [5, 5.41) is 6.96. The van der Waals surface area contributed by atoms with Crippen LogP contribution in [0.1, 0.15) is 0 Å². The molecule has 17 heavy (non-hydrogen) atoms. The van der Waals surface area contributed by atoms with Crippen molar-refractivity contribution in [2.24, 2.45) is 0 Å². The van der Waals surface area contributed by atoms with Gasteiger partial charge in [0.1, 0.15) is 5.82 Å². The normalized spacial score (nSPS) is 10.9. The van der Waals surface area contributed by atoms with Gasteiger partial charge in [0.2, 0.25) is 0 Å². The Labute approximate surface area is 94.3 Å². The van der Waals surface area contributed by atoms with Crippen LogP contribution in [0.2, 0.25) is 0 Å². The van der Waals surface area contributed by atoms with Gasteiger partial charge in [0.25, 0.3) is 0 Å². The van der Waals surface area contributed by atoms with Gasteiger partial charge in [-0.15, -0.1) is 0 Å². The van der Waals surface area contributed by atoms with Crippen molar-refractivity contribution >= 4 is 10.9 Å². The molecule has 5 nitrogen and oxygen atoms in total. The maximum absolute atomic E-state index is 13.6. The second kappa shape index (κ2) is 3.51. The topological polar surface area (TPSA) is 74.4 Å². The van der Waals surface area contributed by atoms with E-state index in [0.717, 1.165) is 0 Å². The number of aromatic nitrogens is 4. The van der Waals surface area contributed by atoms with Crippen LogP contribution >= 0.6 is 0 Å². The number of aromatic amines is 2. The zero-order valence-electron chi connectivity index (χ0n) is 8.57. The molecule has 0 aliphatic carbocycles. The summed E-state index contributed by atoms with van der Waals surface area (Å²) in [7, 11) is 0. The molecular formula is C11H7FN4O. The summed E-state index contributed by atoms with van der Waals surface area (Å²) in [4.78, 5) is 17.6. The number of para-hydroxylation sites is 1. The average Bonchev–Trinajstić information content (AvgIpc) is 2.83. The molecule has 0 saturated carbocycles. The molecule has 0 aliphatic heterocycles. The third kappa shape index (κ3) is 1.50. The Morgan fingerprint density at radius 3 is 2.94 bits per heavy atom. The van der Waals surface area contributed by atoms with E-state index in [2.05, 4.69) is 20.2 Å². The third-order valence-electron chi connectivity index (χ3n) is 2.49. The fraction of sp³-hybridized carbons (Fsp3) is 0. The maximum Gasteiger partial charge on any atom is 0.346 e. The van der Waals surface area contributed by atoms with E-state index in [1.807, 2.05) is 0 Å². The van der Waals surface area contributed by atoms with Crippen molar-refractivity contribution in [3.05, 3.63) is 46.9 Å². The first-order valence-corrected chi connectivity index (χ1v) is 4.93. The molecule has 3 aromatic rings. The Kier molecular flexibility index (Phi) is 2.01. The predicted molar refractivity (Wildman–Crippen MR) is 59.9 cm³/mol. The van der Waals surface area contributed by atoms with Gasteiger partial charge in [-0.1, -0.05) is 12.1 Å². The summed E-state index contributed by atoms with van der Waals surface area (Å²) in [6.45, 7) is 0. The number of halogens is 1. The fourth-order valence-corrected chi connectivity index (χ4v) is 1.75. The van der Waals surface area contributed by atoms with Crippen molar-refractivity contribution in [2.75, 3.05) is 0 Å². The first-order valence-electron chi connectivity index (χ1n) is 4.93. The van der Waals surface area contributed by atoms with Crippen molar-refractivity contribution in [1.82, 2.24) is 20.2 Å². The zero-order chi connectivity index (χ0) is 11.8. The first-order chi connectivity index (χ1) is 8.25. The van der Waals surface area contributed by atoms with Gasteiger partial charge in [-0.05, 0) is 6.07 Å². The summed E-state index contributed by atoms with van der Waals surface area (Å²) < 4.78 is 13.6. The summed E-state index contributed by atoms with van der Waals surface area (Å²) in [5.74, 6) is -0.480. The molecule has 0 fully saturated rings. The van der Waals surface area contributed by atoms with Crippen LogP contribution in [0.25, 0.3) is 22.2 Å². The summed E-state index contributed by atoms with van der Waals surface area (Å²) in [5.41, 5.74) is 0.631. The standard InChI is InChI=1S/C11H7FN4O/c12-8-3-1-2-7-9(6-4-13-14-5-6)15-11(17)16-10(7)8/h1-5H,(H,13,14)(H,15,16,17). The van der Waals surface area contributed by atoms with E-state index < -0.39 is 11.5 Å². The van der Waals surface area contributed by atoms with Crippen LogP contribution in [-0.4, -0.2) is 20.2 Å². The number of hydrogen-bond acceptors (Lipinski definition) is 3. The molecule has 0 unspecified atom stereocenters. The van der Waals surface area contributed by atoms with Gasteiger partial charge in [0.05, 0.1) is 17.4 Å². The van der Waals surface area contributed by atoms with Gasteiger partial charge in [0.15, 0.2) is 0 Å². The molecule has 2 aromatic heterocycles. The van der Waals surface area contributed by atoms with Crippen LogP contribution < -0.4 is 5.69 Å². The Hall–Kier alpha value is -2.50. The maximum atomic E-state index is 13.6. The minimum absolute atomic E-state index is 0.156. The summed E-state index contributed by atoms with van der Waals surface area (Å²) in [6, 6.07) is 4.56. The number of hydrogen-bond donors (Lipinski definition) is 2. The highest BCUT2D eigenvalue weighted by Gasteiger charge is 2.10. The number of nitrogens with one attached hydrogen (secondary N) is 2. The second-order valence-corrected chi connectivity index (χ2v) is 3.54. The Bertz CT molecular complexity index is 733. The second-order valence-electron chi connectivity index (χ2n) is 3.54. The average molecular weight is 230 g/mol. The van der Waals surface area contributed by atoms with Gasteiger partial charge in [-0.25, -0.2) is 9.18 Å². The van der Waals surface area contributed by atoms with Gasteiger partial charge in [0, 0.05) is 17.1 Å². The lowest BCUT2D eigenvalue weighted by Gasteiger charge is -2.03. The fourth-order valence-electron chi connectivity index (χ4n) is 1.75. The number of fused-ring (bicyclic) bond motifs is 1. The number of rotatable bonds is 1.